The van der Waals surface area contributed by atoms with E-state index in [0.717, 1.165) is 5.32 Å². The number of carbonyl (C=O) groups excluding carboxylic acids is 2. The molecule has 1 aliphatic heterocycles. The largest absolute Gasteiger partial charge is 0.272 e. The second kappa shape index (κ2) is 5.17. The highest BCUT2D eigenvalue weighted by Crippen LogP contribution is 2.22. The highest BCUT2D eigenvalue weighted by Gasteiger charge is 2.34. The fraction of sp³-hybridized carbons (Fsp3) is 0.333. The number of imide groups is 1. The molecule has 0 atom stereocenters. The summed E-state index contributed by atoms with van der Waals surface area (Å²) in [5.74, 6) is -0.461. The minimum Gasteiger partial charge on any atom is -0.272 e. The van der Waals surface area contributed by atoms with Gasteiger partial charge in [-0.2, -0.15) is 0 Å². The van der Waals surface area contributed by atoms with Gasteiger partial charge in [-0.1, -0.05) is 37.0 Å². The lowest BCUT2D eigenvalue weighted by molar-refractivity contribution is 0.0647. The van der Waals surface area contributed by atoms with E-state index < -0.39 is 8.07 Å². The number of carbonyl (C=O) groups is 2. The zero-order valence-electron chi connectivity index (χ0n) is 12.9. The third-order valence-corrected chi connectivity index (χ3v) is 5.50. The molecule has 1 aromatic heterocycles. The molecular weight excluding hydrogens is 296 g/mol. The van der Waals surface area contributed by atoms with Crippen LogP contribution in [-0.4, -0.2) is 46.3 Å². The van der Waals surface area contributed by atoms with E-state index in [0.29, 0.717) is 24.2 Å². The van der Waals surface area contributed by atoms with E-state index in [1.54, 1.807) is 28.9 Å². The first kappa shape index (κ1) is 14.6. The lowest BCUT2D eigenvalue weighted by Gasteiger charge is -2.13. The average Bonchev–Trinajstić information content (AvgIpc) is 3.03. The standard InChI is InChI=1S/C15H18N4O2Si/c1-22(2,3)13-10-18(17-16-13)8-9-19-14(20)11-6-4-5-7-12(11)15(19)21/h4-7,10H,8-9H2,1-3H3. The Morgan fingerprint density at radius 3 is 2.09 bits per heavy atom. The van der Waals surface area contributed by atoms with Crippen LogP contribution in [0, 0.1) is 0 Å². The minimum absolute atomic E-state index is 0.230. The molecule has 0 fully saturated rings. The smallest absolute Gasteiger partial charge is 0.261 e. The predicted molar refractivity (Wildman–Crippen MR) is 84.8 cm³/mol. The van der Waals surface area contributed by atoms with E-state index in [-0.39, 0.29) is 11.8 Å². The van der Waals surface area contributed by atoms with Crippen molar-refractivity contribution in [2.24, 2.45) is 0 Å². The number of fused-ring (bicyclic) bond motifs is 1. The Labute approximate surface area is 129 Å². The van der Waals surface area contributed by atoms with E-state index in [1.165, 1.54) is 4.90 Å². The van der Waals surface area contributed by atoms with Gasteiger partial charge in [-0.05, 0) is 12.1 Å². The second-order valence-corrected chi connectivity index (χ2v) is 11.4. The van der Waals surface area contributed by atoms with E-state index in [2.05, 4.69) is 30.0 Å². The summed E-state index contributed by atoms with van der Waals surface area (Å²) in [7, 11) is -1.49. The van der Waals surface area contributed by atoms with Gasteiger partial charge in [-0.25, -0.2) is 0 Å². The lowest BCUT2D eigenvalue weighted by atomic mass is 10.1. The summed E-state index contributed by atoms with van der Waals surface area (Å²) in [5, 5.41) is 9.31. The zero-order chi connectivity index (χ0) is 15.9. The second-order valence-electron chi connectivity index (χ2n) is 6.42. The van der Waals surface area contributed by atoms with Crippen LogP contribution >= 0.6 is 0 Å². The lowest BCUT2D eigenvalue weighted by Crippen LogP contribution is -2.38. The maximum absolute atomic E-state index is 12.3. The normalized spacial score (nSPS) is 14.6. The molecule has 0 aliphatic carbocycles. The summed E-state index contributed by atoms with van der Waals surface area (Å²) in [6.45, 7) is 7.37. The molecule has 0 spiro atoms. The van der Waals surface area contributed by atoms with E-state index in [4.69, 9.17) is 0 Å². The van der Waals surface area contributed by atoms with Crippen molar-refractivity contribution in [1.29, 1.82) is 0 Å². The summed E-state index contributed by atoms with van der Waals surface area (Å²) in [6, 6.07) is 6.92. The Morgan fingerprint density at radius 1 is 1.00 bits per heavy atom. The number of aromatic nitrogens is 3. The number of nitrogens with zero attached hydrogens (tertiary/aromatic N) is 4. The van der Waals surface area contributed by atoms with Crippen molar-refractivity contribution in [2.75, 3.05) is 6.54 Å². The van der Waals surface area contributed by atoms with Gasteiger partial charge in [0.15, 0.2) is 0 Å². The Kier molecular flexibility index (Phi) is 3.44. The van der Waals surface area contributed by atoms with E-state index in [1.807, 2.05) is 6.20 Å². The molecule has 0 saturated carbocycles. The van der Waals surface area contributed by atoms with Crippen LogP contribution in [0.25, 0.3) is 0 Å². The van der Waals surface area contributed by atoms with Crippen LogP contribution < -0.4 is 5.32 Å². The van der Waals surface area contributed by atoms with Gasteiger partial charge in [0, 0.05) is 12.7 Å². The van der Waals surface area contributed by atoms with Crippen LogP contribution in [0.3, 0.4) is 0 Å². The van der Waals surface area contributed by atoms with Gasteiger partial charge in [-0.3, -0.25) is 19.2 Å². The summed E-state index contributed by atoms with van der Waals surface area (Å²) in [4.78, 5) is 25.8. The summed E-state index contributed by atoms with van der Waals surface area (Å²) < 4.78 is 1.71. The maximum atomic E-state index is 12.3. The van der Waals surface area contributed by atoms with Crippen LogP contribution in [0.4, 0.5) is 0 Å². The molecule has 7 heteroatoms. The molecule has 22 heavy (non-hydrogen) atoms. The molecule has 2 heterocycles. The Hall–Kier alpha value is -2.28. The Bertz CT molecular complexity index is 713. The molecule has 2 aromatic rings. The highest BCUT2D eigenvalue weighted by molar-refractivity contribution is 6.88. The third kappa shape index (κ3) is 2.48. The van der Waals surface area contributed by atoms with Crippen LogP contribution in [0.5, 0.6) is 0 Å². The molecule has 0 unspecified atom stereocenters. The molecule has 0 saturated heterocycles. The van der Waals surface area contributed by atoms with Crippen LogP contribution in [-0.2, 0) is 6.54 Å². The zero-order valence-corrected chi connectivity index (χ0v) is 13.9. The fourth-order valence-electron chi connectivity index (χ4n) is 2.40. The topological polar surface area (TPSA) is 68.1 Å². The third-order valence-electron chi connectivity index (χ3n) is 3.74. The van der Waals surface area contributed by atoms with Crippen molar-refractivity contribution in [2.45, 2.75) is 26.2 Å². The van der Waals surface area contributed by atoms with Crippen molar-refractivity contribution in [3.05, 3.63) is 41.6 Å². The fourth-order valence-corrected chi connectivity index (χ4v) is 3.28. The molecule has 0 N–H and O–H groups in total. The van der Waals surface area contributed by atoms with Crippen molar-refractivity contribution >= 4 is 25.2 Å². The van der Waals surface area contributed by atoms with Gasteiger partial charge in [0.1, 0.15) is 8.07 Å². The van der Waals surface area contributed by atoms with Crippen LogP contribution in [0.1, 0.15) is 20.7 Å². The summed E-state index contributed by atoms with van der Waals surface area (Å²) >= 11 is 0. The van der Waals surface area contributed by atoms with Gasteiger partial charge in [0.25, 0.3) is 11.8 Å². The molecule has 1 aromatic carbocycles. The quantitative estimate of drug-likeness (QED) is 0.626. The molecular formula is C15H18N4O2Si. The van der Waals surface area contributed by atoms with Crippen LogP contribution in [0.15, 0.2) is 30.5 Å². The molecule has 1 aliphatic rings. The summed E-state index contributed by atoms with van der Waals surface area (Å²) in [6.07, 6.45) is 1.92. The number of benzene rings is 1. The monoisotopic (exact) mass is 314 g/mol. The minimum atomic E-state index is -1.49. The van der Waals surface area contributed by atoms with Gasteiger partial charge in [0.2, 0.25) is 0 Å². The first-order valence-corrected chi connectivity index (χ1v) is 10.7. The molecule has 0 radical (unpaired) electrons. The molecule has 0 bridgehead atoms. The first-order chi connectivity index (χ1) is 10.4. The van der Waals surface area contributed by atoms with Crippen molar-refractivity contribution in [3.63, 3.8) is 0 Å². The van der Waals surface area contributed by atoms with E-state index in [9.17, 15) is 9.59 Å². The van der Waals surface area contributed by atoms with Gasteiger partial charge < -0.3 is 0 Å². The van der Waals surface area contributed by atoms with Gasteiger partial charge in [0.05, 0.1) is 23.0 Å². The average molecular weight is 314 g/mol. The van der Waals surface area contributed by atoms with Gasteiger partial charge >= 0.3 is 0 Å². The number of amides is 2. The first-order valence-electron chi connectivity index (χ1n) is 7.24. The molecule has 114 valence electrons. The Morgan fingerprint density at radius 2 is 1.59 bits per heavy atom. The molecule has 6 nitrogen and oxygen atoms in total. The van der Waals surface area contributed by atoms with Crippen molar-refractivity contribution < 1.29 is 9.59 Å². The maximum Gasteiger partial charge on any atom is 0.261 e. The SMILES string of the molecule is C[Si](C)(C)c1cn(CCN2C(=O)c3ccccc3C2=O)nn1. The van der Waals surface area contributed by atoms with Crippen molar-refractivity contribution in [3.8, 4) is 0 Å². The number of hydrogen-bond donors (Lipinski definition) is 0. The number of hydrogen-bond acceptors (Lipinski definition) is 4. The molecule has 2 amide bonds. The molecule has 3 rings (SSSR count). The van der Waals surface area contributed by atoms with Gasteiger partial charge in [-0.15, -0.1) is 5.10 Å². The summed E-state index contributed by atoms with van der Waals surface area (Å²) in [5.41, 5.74) is 0.961. The Balaban J connectivity index is 1.72. The van der Waals surface area contributed by atoms with Crippen LogP contribution in [0.2, 0.25) is 19.6 Å². The predicted octanol–water partition coefficient (Wildman–Crippen LogP) is 1.12. The highest BCUT2D eigenvalue weighted by atomic mass is 28.3. The van der Waals surface area contributed by atoms with E-state index >= 15 is 0 Å². The number of rotatable bonds is 4. The van der Waals surface area contributed by atoms with Crippen molar-refractivity contribution in [1.82, 2.24) is 19.9 Å².